The number of esters is 4. The molecule has 0 spiro atoms. The number of unbranched alkanes of at least 4 members (excludes halogenated alkanes) is 24. The summed E-state index contributed by atoms with van der Waals surface area (Å²) in [5.41, 5.74) is 0. The van der Waals surface area contributed by atoms with Gasteiger partial charge in [0, 0.05) is 25.7 Å². The minimum atomic E-state index is -4.95. The topological polar surface area (TPSA) is 237 Å². The van der Waals surface area contributed by atoms with Gasteiger partial charge in [-0.3, -0.25) is 37.3 Å². The third-order valence-corrected chi connectivity index (χ3v) is 16.9. The van der Waals surface area contributed by atoms with Crippen LogP contribution in [-0.4, -0.2) is 96.7 Å². The first kappa shape index (κ1) is 81.5. The molecule has 0 saturated carbocycles. The van der Waals surface area contributed by atoms with E-state index in [1.807, 2.05) is 0 Å². The SMILES string of the molecule is CCCCCC/C=C\C=C/CCCCCCCC(=O)OC[C@H](COP(=O)(O)OC[C@@H](O)COP(=O)(O)OC[C@@H](COC(=O)CCCCCCCCC(C)CC)OC(=O)CCCCCCCCC(C)CC)OC(=O)CCCCCCCCC(C)C. The summed E-state index contributed by atoms with van der Waals surface area (Å²) in [6.45, 7) is 11.5. The lowest BCUT2D eigenvalue weighted by Crippen LogP contribution is -2.30. The number of ether oxygens (including phenoxy) is 4. The maximum atomic E-state index is 13.0. The number of carbonyl (C=O) groups is 4. The molecule has 19 heteroatoms. The Bertz CT molecular complexity index is 1760. The summed E-state index contributed by atoms with van der Waals surface area (Å²) >= 11 is 0. The summed E-state index contributed by atoms with van der Waals surface area (Å²) < 4.78 is 67.9. The van der Waals surface area contributed by atoms with Gasteiger partial charge in [0.1, 0.15) is 19.3 Å². The molecule has 7 atom stereocenters. The molecule has 0 saturated heterocycles. The van der Waals surface area contributed by atoms with Crippen LogP contribution >= 0.6 is 15.6 Å². The van der Waals surface area contributed by atoms with Crippen molar-refractivity contribution in [3.8, 4) is 0 Å². The number of hydrogen-bond donors (Lipinski definition) is 3. The van der Waals surface area contributed by atoms with Crippen LogP contribution in [-0.2, 0) is 65.4 Å². The zero-order valence-electron chi connectivity index (χ0n) is 53.8. The molecule has 0 rings (SSSR count). The van der Waals surface area contributed by atoms with Gasteiger partial charge in [0.05, 0.1) is 26.4 Å². The second-order valence-electron chi connectivity index (χ2n) is 23.8. The van der Waals surface area contributed by atoms with Crippen molar-refractivity contribution in [2.75, 3.05) is 39.6 Å². The van der Waals surface area contributed by atoms with E-state index in [2.05, 4.69) is 72.8 Å². The second-order valence-corrected chi connectivity index (χ2v) is 26.7. The van der Waals surface area contributed by atoms with E-state index in [1.54, 1.807) is 0 Å². The number of carbonyl (C=O) groups excluding carboxylic acids is 4. The fourth-order valence-electron chi connectivity index (χ4n) is 9.05. The molecule has 0 radical (unpaired) electrons. The fourth-order valence-corrected chi connectivity index (χ4v) is 10.6. The highest BCUT2D eigenvalue weighted by Gasteiger charge is 2.30. The molecule has 0 amide bonds. The van der Waals surface area contributed by atoms with Gasteiger partial charge in [0.2, 0.25) is 0 Å². The monoisotopic (exact) mass is 1240 g/mol. The summed E-state index contributed by atoms with van der Waals surface area (Å²) in [6.07, 6.45) is 40.1. The van der Waals surface area contributed by atoms with E-state index in [4.69, 9.17) is 37.0 Å². The van der Waals surface area contributed by atoms with Crippen LogP contribution in [0, 0.1) is 17.8 Å². The lowest BCUT2D eigenvalue weighted by molar-refractivity contribution is -0.161. The van der Waals surface area contributed by atoms with Gasteiger partial charge in [-0.05, 0) is 69.1 Å². The Morgan fingerprint density at radius 2 is 0.702 bits per heavy atom. The smallest absolute Gasteiger partial charge is 0.462 e. The van der Waals surface area contributed by atoms with Gasteiger partial charge in [0.15, 0.2) is 12.2 Å². The second kappa shape index (κ2) is 55.8. The minimum Gasteiger partial charge on any atom is -0.462 e. The molecule has 0 bridgehead atoms. The molecule has 0 heterocycles. The molecular formula is C65H122O17P2. The van der Waals surface area contributed by atoms with Crippen LogP contribution in [0.2, 0.25) is 0 Å². The van der Waals surface area contributed by atoms with Crippen molar-refractivity contribution in [2.45, 2.75) is 311 Å². The van der Waals surface area contributed by atoms with Crippen molar-refractivity contribution < 1.29 is 80.2 Å². The number of allylic oxidation sites excluding steroid dienone is 4. The summed E-state index contributed by atoms with van der Waals surface area (Å²) in [5, 5.41) is 10.5. The number of phosphoric acid groups is 2. The number of phosphoric ester groups is 2. The zero-order chi connectivity index (χ0) is 62.4. The summed E-state index contributed by atoms with van der Waals surface area (Å²) in [5.74, 6) is -0.0598. The van der Waals surface area contributed by atoms with Crippen LogP contribution in [0.1, 0.15) is 292 Å². The Hall–Kier alpha value is -2.46. The average molecular weight is 1240 g/mol. The first-order chi connectivity index (χ1) is 40.3. The van der Waals surface area contributed by atoms with Crippen molar-refractivity contribution in [2.24, 2.45) is 17.8 Å². The highest BCUT2D eigenvalue weighted by atomic mass is 31.2. The van der Waals surface area contributed by atoms with Crippen molar-refractivity contribution in [1.82, 2.24) is 0 Å². The quantitative estimate of drug-likeness (QED) is 0.0169. The van der Waals surface area contributed by atoms with Crippen molar-refractivity contribution in [1.29, 1.82) is 0 Å². The molecule has 84 heavy (non-hydrogen) atoms. The molecule has 0 aliphatic rings. The normalized spacial score (nSPS) is 15.2. The lowest BCUT2D eigenvalue weighted by Gasteiger charge is -2.21. The predicted molar refractivity (Wildman–Crippen MR) is 335 cm³/mol. The van der Waals surface area contributed by atoms with E-state index in [9.17, 15) is 43.2 Å². The van der Waals surface area contributed by atoms with Gasteiger partial charge in [-0.1, -0.05) is 240 Å². The predicted octanol–water partition coefficient (Wildman–Crippen LogP) is 17.4. The molecule has 17 nitrogen and oxygen atoms in total. The van der Waals surface area contributed by atoms with Crippen molar-refractivity contribution in [3.05, 3.63) is 24.3 Å². The maximum Gasteiger partial charge on any atom is 0.472 e. The molecular weight excluding hydrogens is 1110 g/mol. The largest absolute Gasteiger partial charge is 0.472 e. The van der Waals surface area contributed by atoms with Crippen LogP contribution in [0.5, 0.6) is 0 Å². The zero-order valence-corrected chi connectivity index (χ0v) is 55.6. The Morgan fingerprint density at radius 1 is 0.393 bits per heavy atom. The first-order valence-corrected chi connectivity index (χ1v) is 36.2. The number of aliphatic hydroxyl groups excluding tert-OH is 1. The molecule has 3 N–H and O–H groups in total. The third-order valence-electron chi connectivity index (χ3n) is 15.0. The maximum absolute atomic E-state index is 13.0. The lowest BCUT2D eigenvalue weighted by atomic mass is 10.00. The molecule has 494 valence electrons. The van der Waals surface area contributed by atoms with Crippen molar-refractivity contribution >= 4 is 39.5 Å². The van der Waals surface area contributed by atoms with E-state index in [0.29, 0.717) is 31.6 Å². The van der Waals surface area contributed by atoms with Gasteiger partial charge in [-0.2, -0.15) is 0 Å². The number of aliphatic hydroxyl groups is 1. The molecule has 0 fully saturated rings. The minimum absolute atomic E-state index is 0.0945. The number of rotatable bonds is 61. The molecule has 0 aliphatic heterocycles. The summed E-state index contributed by atoms with van der Waals surface area (Å²) in [7, 11) is -9.90. The van der Waals surface area contributed by atoms with Crippen LogP contribution in [0.3, 0.4) is 0 Å². The molecule has 0 aliphatic carbocycles. The van der Waals surface area contributed by atoms with E-state index < -0.39 is 97.5 Å². The van der Waals surface area contributed by atoms with Gasteiger partial charge < -0.3 is 33.8 Å². The van der Waals surface area contributed by atoms with Gasteiger partial charge in [-0.25, -0.2) is 9.13 Å². The summed E-state index contributed by atoms with van der Waals surface area (Å²) in [6, 6.07) is 0. The van der Waals surface area contributed by atoms with Gasteiger partial charge >= 0.3 is 39.5 Å². The standard InChI is InChI=1S/C65H122O17P2/c1-8-11-12-13-14-15-16-17-18-19-20-21-22-32-39-46-62(67)75-52-60(81-64(69)48-41-34-26-23-29-36-43-56(4)5)54-79-83(71,72)77-50-59(66)51-78-84(73,74)80-55-61(82-65(70)49-42-35-28-25-31-38-45-58(7)10-3)53-76-63(68)47-40-33-27-24-30-37-44-57(6)9-2/h15-18,56-61,66H,8-14,19-55H2,1-7H3,(H,71,72)(H,73,74)/b16-15-,18-17-/t57?,58?,59-,60-,61-/m1/s1. The molecule has 0 aromatic heterocycles. The highest BCUT2D eigenvalue weighted by Crippen LogP contribution is 2.45. The third kappa shape index (κ3) is 56.1. The van der Waals surface area contributed by atoms with E-state index >= 15 is 0 Å². The fraction of sp³-hybridized carbons (Fsp3) is 0.877. The highest BCUT2D eigenvalue weighted by molar-refractivity contribution is 7.47. The Balaban J connectivity index is 5.25. The molecule has 4 unspecified atom stereocenters. The Kier molecular flexibility index (Phi) is 54.2. The van der Waals surface area contributed by atoms with E-state index in [-0.39, 0.29) is 25.7 Å². The first-order valence-electron chi connectivity index (χ1n) is 33.2. The van der Waals surface area contributed by atoms with Crippen LogP contribution < -0.4 is 0 Å². The van der Waals surface area contributed by atoms with Crippen LogP contribution in [0.4, 0.5) is 0 Å². The van der Waals surface area contributed by atoms with Gasteiger partial charge in [-0.15, -0.1) is 0 Å². The van der Waals surface area contributed by atoms with Gasteiger partial charge in [0.25, 0.3) is 0 Å². The van der Waals surface area contributed by atoms with E-state index in [0.717, 1.165) is 127 Å². The Labute approximate surface area is 510 Å². The van der Waals surface area contributed by atoms with Crippen LogP contribution in [0.15, 0.2) is 24.3 Å². The number of hydrogen-bond acceptors (Lipinski definition) is 15. The molecule has 0 aromatic rings. The van der Waals surface area contributed by atoms with Crippen LogP contribution in [0.25, 0.3) is 0 Å². The average Bonchev–Trinajstić information content (AvgIpc) is 3.57. The molecule has 0 aromatic carbocycles. The van der Waals surface area contributed by atoms with Crippen molar-refractivity contribution in [3.63, 3.8) is 0 Å². The Morgan fingerprint density at radius 3 is 1.06 bits per heavy atom. The summed E-state index contributed by atoms with van der Waals surface area (Å²) in [4.78, 5) is 72.2. The van der Waals surface area contributed by atoms with E-state index in [1.165, 1.54) is 77.0 Å².